The van der Waals surface area contributed by atoms with Gasteiger partial charge in [0.25, 0.3) is 0 Å². The molecule has 7 heavy (non-hydrogen) atoms. The molecule has 1 saturated heterocycles. The average Bonchev–Trinajstić information content (AvgIpc) is 1.91. The molecular weight excluding hydrogens is 160 g/mol. The fourth-order valence-electron chi connectivity index (χ4n) is 0.448. The van der Waals surface area contributed by atoms with Gasteiger partial charge >= 0.3 is 6.03 Å². The van der Waals surface area contributed by atoms with Gasteiger partial charge in [-0.2, -0.15) is 0 Å². The smallest absolute Gasteiger partial charge is 0.327 e. The summed E-state index contributed by atoms with van der Waals surface area (Å²) in [5, 5.41) is 2.61. The molecule has 1 N–H and O–H groups in total. The predicted molar refractivity (Wildman–Crippen MR) is 29.0 cm³/mol. The summed E-state index contributed by atoms with van der Waals surface area (Å²) in [4.78, 5) is 10.3. The largest absolute Gasteiger partial charge is 0.335 e. The third-order valence-corrected chi connectivity index (χ3v) is 1.48. The van der Waals surface area contributed by atoms with Crippen LogP contribution in [0.1, 0.15) is 0 Å². The summed E-state index contributed by atoms with van der Waals surface area (Å²) in [5.41, 5.74) is 0. The van der Waals surface area contributed by atoms with Crippen molar-refractivity contribution >= 4 is 22.2 Å². The van der Waals surface area contributed by atoms with E-state index in [1.54, 1.807) is 0 Å². The maximum absolute atomic E-state index is 10.3. The van der Waals surface area contributed by atoms with Gasteiger partial charge in [-0.05, 0) is 0 Å². The molecule has 40 valence electrons. The Kier molecular flexibility index (Phi) is 1.19. The third kappa shape index (κ3) is 0.851. The van der Waals surface area contributed by atoms with E-state index in [1.165, 1.54) is 3.93 Å². The lowest BCUT2D eigenvalue weighted by molar-refractivity contribution is 0.239. The molecule has 0 aliphatic carbocycles. The Morgan fingerprint density at radius 3 is 2.71 bits per heavy atom. The first-order valence-corrected chi connectivity index (χ1v) is 2.73. The molecular formula is C3H5BrN2O. The molecule has 0 spiro atoms. The summed E-state index contributed by atoms with van der Waals surface area (Å²) in [6, 6.07) is -0.0417. The number of nitrogens with zero attached hydrogens (tertiary/aromatic N) is 1. The molecule has 0 unspecified atom stereocenters. The lowest BCUT2D eigenvalue weighted by Gasteiger charge is -1.97. The van der Waals surface area contributed by atoms with Crippen molar-refractivity contribution in [2.75, 3.05) is 13.1 Å². The molecule has 0 aromatic heterocycles. The molecule has 1 heterocycles. The summed E-state index contributed by atoms with van der Waals surface area (Å²) in [6.45, 7) is 1.52. The lowest BCUT2D eigenvalue weighted by atomic mass is 10.7. The van der Waals surface area contributed by atoms with Crippen molar-refractivity contribution in [2.24, 2.45) is 0 Å². The zero-order valence-corrected chi connectivity index (χ0v) is 5.23. The van der Waals surface area contributed by atoms with Crippen LogP contribution in [0.4, 0.5) is 4.79 Å². The van der Waals surface area contributed by atoms with Crippen LogP contribution in [-0.2, 0) is 0 Å². The lowest BCUT2D eigenvalue weighted by Crippen LogP contribution is -2.18. The van der Waals surface area contributed by atoms with Crippen LogP contribution in [0.3, 0.4) is 0 Å². The van der Waals surface area contributed by atoms with Gasteiger partial charge in [0.05, 0.1) is 22.7 Å². The summed E-state index contributed by atoms with van der Waals surface area (Å²) in [5.74, 6) is 0. The monoisotopic (exact) mass is 164 g/mol. The molecule has 4 heteroatoms. The van der Waals surface area contributed by atoms with Gasteiger partial charge in [-0.25, -0.2) is 4.79 Å². The number of rotatable bonds is 0. The topological polar surface area (TPSA) is 32.3 Å². The van der Waals surface area contributed by atoms with Crippen LogP contribution >= 0.6 is 16.1 Å². The number of hydrogen-bond acceptors (Lipinski definition) is 1. The Bertz CT molecular complexity index is 94.9. The van der Waals surface area contributed by atoms with Gasteiger partial charge < -0.3 is 5.32 Å². The van der Waals surface area contributed by atoms with E-state index in [0.29, 0.717) is 0 Å². The van der Waals surface area contributed by atoms with Crippen LogP contribution in [0, 0.1) is 0 Å². The van der Waals surface area contributed by atoms with Crippen molar-refractivity contribution < 1.29 is 4.79 Å². The Morgan fingerprint density at radius 2 is 2.57 bits per heavy atom. The van der Waals surface area contributed by atoms with Gasteiger partial charge in [0.1, 0.15) is 0 Å². The number of carbonyl (C=O) groups is 1. The molecule has 2 amide bonds. The number of halogens is 1. The van der Waals surface area contributed by atoms with Gasteiger partial charge in [-0.15, -0.1) is 0 Å². The second-order valence-electron chi connectivity index (χ2n) is 1.32. The average molecular weight is 165 g/mol. The van der Waals surface area contributed by atoms with Crippen molar-refractivity contribution in [3.63, 3.8) is 0 Å². The first-order valence-electron chi connectivity index (χ1n) is 2.02. The summed E-state index contributed by atoms with van der Waals surface area (Å²) in [7, 11) is 0. The van der Waals surface area contributed by atoms with Crippen molar-refractivity contribution in [2.45, 2.75) is 0 Å². The van der Waals surface area contributed by atoms with Crippen molar-refractivity contribution in [1.82, 2.24) is 9.24 Å². The van der Waals surface area contributed by atoms with E-state index in [9.17, 15) is 4.79 Å². The molecule has 0 saturated carbocycles. The molecule has 1 aliphatic heterocycles. The van der Waals surface area contributed by atoms with E-state index < -0.39 is 0 Å². The van der Waals surface area contributed by atoms with E-state index in [4.69, 9.17) is 0 Å². The second-order valence-corrected chi connectivity index (χ2v) is 2.17. The molecule has 0 atom stereocenters. The minimum Gasteiger partial charge on any atom is -0.335 e. The summed E-state index contributed by atoms with van der Waals surface area (Å²) in [6.07, 6.45) is 0. The molecule has 1 rings (SSSR count). The molecule has 0 aromatic rings. The van der Waals surface area contributed by atoms with E-state index in [2.05, 4.69) is 21.5 Å². The highest BCUT2D eigenvalue weighted by atomic mass is 79.9. The summed E-state index contributed by atoms with van der Waals surface area (Å²) >= 11 is 3.02. The molecule has 0 bridgehead atoms. The van der Waals surface area contributed by atoms with Gasteiger partial charge in [-0.3, -0.25) is 3.93 Å². The fourth-order valence-corrected chi connectivity index (χ4v) is 0.751. The second kappa shape index (κ2) is 1.69. The summed E-state index contributed by atoms with van der Waals surface area (Å²) < 4.78 is 1.47. The quantitative estimate of drug-likeness (QED) is 0.515. The molecule has 0 radical (unpaired) electrons. The van der Waals surface area contributed by atoms with E-state index in [1.807, 2.05) is 0 Å². The van der Waals surface area contributed by atoms with Crippen LogP contribution in [0.25, 0.3) is 0 Å². The van der Waals surface area contributed by atoms with E-state index in [-0.39, 0.29) is 6.03 Å². The standard InChI is InChI=1S/C3H5BrN2O/c4-6-2-1-5-3(6)7/h1-2H2,(H,5,7). The van der Waals surface area contributed by atoms with E-state index >= 15 is 0 Å². The minimum atomic E-state index is -0.0417. The van der Waals surface area contributed by atoms with Gasteiger partial charge in [0.2, 0.25) is 0 Å². The van der Waals surface area contributed by atoms with E-state index in [0.717, 1.165) is 13.1 Å². The third-order valence-electron chi connectivity index (χ3n) is 0.805. The molecule has 1 fully saturated rings. The maximum atomic E-state index is 10.3. The van der Waals surface area contributed by atoms with Crippen molar-refractivity contribution in [3.8, 4) is 0 Å². The highest BCUT2D eigenvalue weighted by Gasteiger charge is 2.14. The number of amides is 2. The Labute approximate surface area is 50.0 Å². The van der Waals surface area contributed by atoms with Gasteiger partial charge in [0, 0.05) is 6.54 Å². The molecule has 1 aliphatic rings. The zero-order valence-electron chi connectivity index (χ0n) is 3.65. The molecule has 0 aromatic carbocycles. The Morgan fingerprint density at radius 1 is 1.86 bits per heavy atom. The number of carbonyl (C=O) groups excluding carboxylic acids is 1. The zero-order chi connectivity index (χ0) is 5.28. The van der Waals surface area contributed by atoms with Crippen molar-refractivity contribution in [1.29, 1.82) is 0 Å². The van der Waals surface area contributed by atoms with Crippen molar-refractivity contribution in [3.05, 3.63) is 0 Å². The van der Waals surface area contributed by atoms with Crippen LogP contribution in [-0.4, -0.2) is 23.0 Å². The Balaban J connectivity index is 2.48. The molecule has 3 nitrogen and oxygen atoms in total. The first-order chi connectivity index (χ1) is 3.30. The van der Waals surface area contributed by atoms with Crippen LogP contribution in [0.2, 0.25) is 0 Å². The number of hydrogen-bond donors (Lipinski definition) is 1. The number of urea groups is 1. The van der Waals surface area contributed by atoms with Crippen LogP contribution in [0.15, 0.2) is 0 Å². The van der Waals surface area contributed by atoms with Crippen LogP contribution in [0.5, 0.6) is 0 Å². The highest BCUT2D eigenvalue weighted by Crippen LogP contribution is 2.00. The number of nitrogens with one attached hydrogen (secondary N) is 1. The first kappa shape index (κ1) is 4.90. The SMILES string of the molecule is O=C1NCCN1Br. The van der Waals surface area contributed by atoms with Gasteiger partial charge in [-0.1, -0.05) is 0 Å². The normalized spacial score (nSPS) is 20.1. The fraction of sp³-hybridized carbons (Fsp3) is 0.667. The highest BCUT2D eigenvalue weighted by molar-refractivity contribution is 9.07. The van der Waals surface area contributed by atoms with Gasteiger partial charge in [0.15, 0.2) is 0 Å². The van der Waals surface area contributed by atoms with Crippen LogP contribution < -0.4 is 5.32 Å². The minimum absolute atomic E-state index is 0.0417. The predicted octanol–water partition coefficient (Wildman–Crippen LogP) is 0.322. The maximum Gasteiger partial charge on any atom is 0.327 e. The Hall–Kier alpha value is -0.250.